The van der Waals surface area contributed by atoms with Gasteiger partial charge in [0.05, 0.1) is 45.2 Å². The van der Waals surface area contributed by atoms with E-state index >= 15 is 0 Å². The Morgan fingerprint density at radius 1 is 0.767 bits per heavy atom. The molecule has 0 aliphatic rings. The maximum absolute atomic E-state index is 10.3. The van der Waals surface area contributed by atoms with Gasteiger partial charge in [-0.1, -0.05) is 12.1 Å². The molecule has 0 atom stereocenters. The third kappa shape index (κ3) is 3.14. The molecule has 1 aromatic heterocycles. The van der Waals surface area contributed by atoms with Crippen LogP contribution in [0.25, 0.3) is 28.1 Å². The topological polar surface area (TPSA) is 75.0 Å². The molecule has 1 N–H and O–H groups in total. The van der Waals surface area contributed by atoms with E-state index in [1.165, 1.54) is 7.11 Å². The van der Waals surface area contributed by atoms with Crippen LogP contribution in [0.15, 0.2) is 54.6 Å². The summed E-state index contributed by atoms with van der Waals surface area (Å²) < 4.78 is 23.7. The van der Waals surface area contributed by atoms with Crippen LogP contribution in [0.1, 0.15) is 0 Å². The molecule has 0 fully saturated rings. The SMILES string of the molecule is COc1ccc(-c2nc3ccccc3n2-c2cc(OC)c(OC)c(OC)c2)cc1O. The predicted octanol–water partition coefficient (Wildman–Crippen LogP) is 4.43. The number of para-hydroxylation sites is 2. The molecular weight excluding hydrogens is 384 g/mol. The van der Waals surface area contributed by atoms with E-state index in [2.05, 4.69) is 0 Å². The Morgan fingerprint density at radius 3 is 2.03 bits per heavy atom. The Morgan fingerprint density at radius 2 is 1.43 bits per heavy atom. The highest BCUT2D eigenvalue weighted by Crippen LogP contribution is 2.41. The number of aromatic hydroxyl groups is 1. The van der Waals surface area contributed by atoms with Crippen LogP contribution in [0, 0.1) is 0 Å². The summed E-state index contributed by atoms with van der Waals surface area (Å²) in [5.74, 6) is 2.68. The minimum atomic E-state index is 0.0403. The highest BCUT2D eigenvalue weighted by Gasteiger charge is 2.20. The van der Waals surface area contributed by atoms with Gasteiger partial charge in [0.1, 0.15) is 5.82 Å². The third-order valence-corrected chi connectivity index (χ3v) is 4.91. The molecule has 0 saturated carbocycles. The van der Waals surface area contributed by atoms with Crippen LogP contribution in [0.2, 0.25) is 0 Å². The molecule has 7 nitrogen and oxygen atoms in total. The zero-order chi connectivity index (χ0) is 21.3. The van der Waals surface area contributed by atoms with Gasteiger partial charge in [-0.15, -0.1) is 0 Å². The van der Waals surface area contributed by atoms with Crippen LogP contribution in [0.5, 0.6) is 28.7 Å². The van der Waals surface area contributed by atoms with Crippen molar-refractivity contribution in [2.45, 2.75) is 0 Å². The second kappa shape index (κ2) is 7.87. The fourth-order valence-electron chi connectivity index (χ4n) is 3.51. The second-order valence-corrected chi connectivity index (χ2v) is 6.53. The first kappa shape index (κ1) is 19.4. The molecular formula is C23H22N2O5. The van der Waals surface area contributed by atoms with Crippen molar-refractivity contribution in [1.29, 1.82) is 0 Å². The predicted molar refractivity (Wildman–Crippen MR) is 114 cm³/mol. The Bertz CT molecular complexity index is 1190. The van der Waals surface area contributed by atoms with Crippen LogP contribution in [-0.4, -0.2) is 43.1 Å². The molecule has 0 unspecified atom stereocenters. The Hall–Kier alpha value is -3.87. The first-order valence-electron chi connectivity index (χ1n) is 9.26. The number of phenolic OH excluding ortho intramolecular Hbond substituents is 1. The fraction of sp³-hybridized carbons (Fsp3) is 0.174. The Kier molecular flexibility index (Phi) is 5.10. The van der Waals surface area contributed by atoms with Gasteiger partial charge >= 0.3 is 0 Å². The molecule has 0 bridgehead atoms. The van der Waals surface area contributed by atoms with Crippen LogP contribution >= 0.6 is 0 Å². The highest BCUT2D eigenvalue weighted by molar-refractivity contribution is 5.84. The molecule has 4 aromatic rings. The van der Waals surface area contributed by atoms with Crippen molar-refractivity contribution in [3.63, 3.8) is 0 Å². The van der Waals surface area contributed by atoms with Crippen LogP contribution in [0.4, 0.5) is 0 Å². The number of aromatic nitrogens is 2. The maximum atomic E-state index is 10.3. The number of ether oxygens (including phenoxy) is 4. The summed E-state index contributed by atoms with van der Waals surface area (Å²) in [5, 5.41) is 10.3. The van der Waals surface area contributed by atoms with Crippen LogP contribution < -0.4 is 18.9 Å². The van der Waals surface area contributed by atoms with Crippen molar-refractivity contribution in [3.8, 4) is 45.8 Å². The van der Waals surface area contributed by atoms with Gasteiger partial charge < -0.3 is 24.1 Å². The molecule has 1 heterocycles. The smallest absolute Gasteiger partial charge is 0.203 e. The Labute approximate surface area is 174 Å². The van der Waals surface area contributed by atoms with E-state index in [0.717, 1.165) is 22.3 Å². The minimum Gasteiger partial charge on any atom is -0.504 e. The molecule has 0 radical (unpaired) electrons. The molecule has 4 rings (SSSR count). The van der Waals surface area contributed by atoms with Gasteiger partial charge in [-0.05, 0) is 30.3 Å². The average molecular weight is 406 g/mol. The fourth-order valence-corrected chi connectivity index (χ4v) is 3.51. The van der Waals surface area contributed by atoms with Gasteiger partial charge in [-0.2, -0.15) is 0 Å². The van der Waals surface area contributed by atoms with E-state index in [0.29, 0.717) is 28.8 Å². The number of rotatable bonds is 6. The zero-order valence-electron chi connectivity index (χ0n) is 17.2. The summed E-state index contributed by atoms with van der Waals surface area (Å²) in [6.07, 6.45) is 0. The van der Waals surface area contributed by atoms with Crippen molar-refractivity contribution in [2.75, 3.05) is 28.4 Å². The molecule has 0 spiro atoms. The number of hydrogen-bond donors (Lipinski definition) is 1. The molecule has 0 saturated heterocycles. The van der Waals surface area contributed by atoms with E-state index in [1.807, 2.05) is 47.0 Å². The van der Waals surface area contributed by atoms with Crippen molar-refractivity contribution in [3.05, 3.63) is 54.6 Å². The number of fused-ring (bicyclic) bond motifs is 1. The van der Waals surface area contributed by atoms with Gasteiger partial charge in [0.2, 0.25) is 5.75 Å². The van der Waals surface area contributed by atoms with E-state index in [9.17, 15) is 5.11 Å². The Balaban J connectivity index is 2.02. The van der Waals surface area contributed by atoms with E-state index in [1.54, 1.807) is 33.5 Å². The summed E-state index contributed by atoms with van der Waals surface area (Å²) in [6, 6.07) is 16.7. The number of nitrogens with zero attached hydrogens (tertiary/aromatic N) is 2. The highest BCUT2D eigenvalue weighted by atomic mass is 16.5. The number of benzene rings is 3. The molecule has 30 heavy (non-hydrogen) atoms. The average Bonchev–Trinajstić information content (AvgIpc) is 3.17. The van der Waals surface area contributed by atoms with Crippen LogP contribution in [-0.2, 0) is 0 Å². The van der Waals surface area contributed by atoms with Gasteiger partial charge in [0.15, 0.2) is 23.0 Å². The quantitative estimate of drug-likeness (QED) is 0.511. The number of phenols is 1. The van der Waals surface area contributed by atoms with E-state index < -0.39 is 0 Å². The first-order chi connectivity index (χ1) is 14.6. The normalized spacial score (nSPS) is 10.8. The van der Waals surface area contributed by atoms with E-state index in [4.69, 9.17) is 23.9 Å². The molecule has 7 heteroatoms. The van der Waals surface area contributed by atoms with Gasteiger partial charge in [-0.3, -0.25) is 4.57 Å². The summed E-state index contributed by atoms with van der Waals surface area (Å²) >= 11 is 0. The maximum Gasteiger partial charge on any atom is 0.203 e. The van der Waals surface area contributed by atoms with Crippen molar-refractivity contribution in [2.24, 2.45) is 0 Å². The van der Waals surface area contributed by atoms with Crippen molar-refractivity contribution < 1.29 is 24.1 Å². The minimum absolute atomic E-state index is 0.0403. The molecule has 154 valence electrons. The lowest BCUT2D eigenvalue weighted by molar-refractivity contribution is 0.324. The first-order valence-corrected chi connectivity index (χ1v) is 9.26. The molecule has 0 aliphatic carbocycles. The largest absolute Gasteiger partial charge is 0.504 e. The summed E-state index contributed by atoms with van der Waals surface area (Å²) in [7, 11) is 6.24. The summed E-state index contributed by atoms with van der Waals surface area (Å²) in [4.78, 5) is 4.81. The summed E-state index contributed by atoms with van der Waals surface area (Å²) in [6.45, 7) is 0. The van der Waals surface area contributed by atoms with Crippen LogP contribution in [0.3, 0.4) is 0 Å². The lowest BCUT2D eigenvalue weighted by atomic mass is 10.1. The zero-order valence-corrected chi connectivity index (χ0v) is 17.2. The lowest BCUT2D eigenvalue weighted by Crippen LogP contribution is -2.01. The standard InChI is InChI=1S/C23H22N2O5/c1-27-19-10-9-14(11-18(19)26)23-24-16-7-5-6-8-17(16)25(23)15-12-20(28-2)22(30-4)21(13-15)29-3/h5-13,26H,1-4H3. The number of methoxy groups -OCH3 is 4. The van der Waals surface area contributed by atoms with Crippen molar-refractivity contribution in [1.82, 2.24) is 9.55 Å². The summed E-state index contributed by atoms with van der Waals surface area (Å²) in [5.41, 5.74) is 3.23. The van der Waals surface area contributed by atoms with Crippen molar-refractivity contribution >= 4 is 11.0 Å². The number of imidazole rings is 1. The molecule has 3 aromatic carbocycles. The molecule has 0 aliphatic heterocycles. The van der Waals surface area contributed by atoms with Gasteiger partial charge in [0.25, 0.3) is 0 Å². The number of hydrogen-bond acceptors (Lipinski definition) is 6. The molecule has 0 amide bonds. The van der Waals surface area contributed by atoms with Gasteiger partial charge in [-0.25, -0.2) is 4.98 Å². The van der Waals surface area contributed by atoms with Gasteiger partial charge in [0, 0.05) is 17.7 Å². The second-order valence-electron chi connectivity index (χ2n) is 6.53. The lowest BCUT2D eigenvalue weighted by Gasteiger charge is -2.16. The monoisotopic (exact) mass is 406 g/mol. The third-order valence-electron chi connectivity index (χ3n) is 4.91. The van der Waals surface area contributed by atoms with E-state index in [-0.39, 0.29) is 5.75 Å².